The van der Waals surface area contributed by atoms with Crippen LogP contribution in [0.15, 0.2) is 60.9 Å². The Kier molecular flexibility index (Phi) is 10.2. The maximum absolute atomic E-state index is 12.8. The molecule has 3 rings (SSSR count). The maximum Gasteiger partial charge on any atom is 0.416 e. The van der Waals surface area contributed by atoms with Gasteiger partial charge in [-0.1, -0.05) is 38.3 Å². The minimum absolute atomic E-state index is 0.0364. The minimum Gasteiger partial charge on any atom is -0.486 e. The van der Waals surface area contributed by atoms with Gasteiger partial charge in [0.05, 0.1) is 12.0 Å². The van der Waals surface area contributed by atoms with Crippen molar-refractivity contribution in [3.63, 3.8) is 0 Å². The fourth-order valence-electron chi connectivity index (χ4n) is 3.75. The lowest BCUT2D eigenvalue weighted by atomic mass is 10.0. The van der Waals surface area contributed by atoms with Gasteiger partial charge in [-0.15, -0.1) is 0 Å². The number of hydrogen-bond acceptors (Lipinski definition) is 5. The topological polar surface area (TPSA) is 101 Å². The Bertz CT molecular complexity index is 1180. The van der Waals surface area contributed by atoms with Gasteiger partial charge >= 0.3 is 12.1 Å². The monoisotopic (exact) mass is 529 g/mol. The Labute approximate surface area is 219 Å². The van der Waals surface area contributed by atoms with Crippen LogP contribution in [0.1, 0.15) is 73.0 Å². The summed E-state index contributed by atoms with van der Waals surface area (Å²) in [4.78, 5) is 31.5. The van der Waals surface area contributed by atoms with Gasteiger partial charge in [-0.2, -0.15) is 13.2 Å². The fraction of sp³-hybridized carbons (Fsp3) is 0.357. The Morgan fingerprint density at radius 3 is 2.21 bits per heavy atom. The van der Waals surface area contributed by atoms with Gasteiger partial charge in [0.1, 0.15) is 11.9 Å². The van der Waals surface area contributed by atoms with Gasteiger partial charge in [0, 0.05) is 35.6 Å². The van der Waals surface area contributed by atoms with Crippen LogP contribution in [0.4, 0.5) is 13.2 Å². The molecule has 1 aromatic heterocycles. The highest BCUT2D eigenvalue weighted by atomic mass is 19.4. The molecule has 2 N–H and O–H groups in total. The number of amides is 1. The lowest BCUT2D eigenvalue weighted by Crippen LogP contribution is -2.25. The first-order chi connectivity index (χ1) is 18.2. The van der Waals surface area contributed by atoms with E-state index >= 15 is 0 Å². The summed E-state index contributed by atoms with van der Waals surface area (Å²) >= 11 is 0. The van der Waals surface area contributed by atoms with Crippen molar-refractivity contribution in [2.45, 2.75) is 57.7 Å². The molecule has 10 heteroatoms. The molecule has 0 aliphatic heterocycles. The number of carboxylic acid groups (broad SMARTS) is 1. The summed E-state index contributed by atoms with van der Waals surface area (Å²) in [7, 11) is 0. The predicted molar refractivity (Wildman–Crippen MR) is 136 cm³/mol. The molecule has 0 fully saturated rings. The van der Waals surface area contributed by atoms with E-state index in [1.54, 1.807) is 36.7 Å². The molecule has 0 bridgehead atoms. The van der Waals surface area contributed by atoms with Crippen molar-refractivity contribution in [1.82, 2.24) is 15.3 Å². The predicted octanol–water partition coefficient (Wildman–Crippen LogP) is 6.46. The molecule has 1 heterocycles. The van der Waals surface area contributed by atoms with Crippen LogP contribution in [0.2, 0.25) is 0 Å². The molecule has 0 saturated heterocycles. The van der Waals surface area contributed by atoms with Crippen LogP contribution in [0.25, 0.3) is 11.4 Å². The number of alkyl halides is 3. The molecular formula is C28H30F3N3O4. The average molecular weight is 530 g/mol. The number of unbranched alkanes of at least 4 members (excludes halogenated alkanes) is 3. The summed E-state index contributed by atoms with van der Waals surface area (Å²) in [5.74, 6) is -0.513. The molecule has 1 amide bonds. The number of carbonyl (C=O) groups is 2. The van der Waals surface area contributed by atoms with E-state index < -0.39 is 17.7 Å². The van der Waals surface area contributed by atoms with Crippen LogP contribution in [0.3, 0.4) is 0 Å². The van der Waals surface area contributed by atoms with Gasteiger partial charge < -0.3 is 15.2 Å². The molecule has 0 saturated carbocycles. The van der Waals surface area contributed by atoms with E-state index in [1.807, 2.05) is 0 Å². The first kappa shape index (κ1) is 28.6. The average Bonchev–Trinajstić information content (AvgIpc) is 2.90. The lowest BCUT2D eigenvalue weighted by molar-refractivity contribution is -0.138. The first-order valence-corrected chi connectivity index (χ1v) is 12.4. The van der Waals surface area contributed by atoms with Crippen LogP contribution in [0, 0.1) is 0 Å². The summed E-state index contributed by atoms with van der Waals surface area (Å²) in [5.41, 5.74) is 0.850. The Hall–Kier alpha value is -3.95. The van der Waals surface area contributed by atoms with Crippen LogP contribution >= 0.6 is 0 Å². The number of benzene rings is 2. The maximum atomic E-state index is 12.8. The molecule has 38 heavy (non-hydrogen) atoms. The van der Waals surface area contributed by atoms with E-state index in [0.29, 0.717) is 29.1 Å². The molecular weight excluding hydrogens is 499 g/mol. The number of aromatic nitrogens is 2. The second-order valence-corrected chi connectivity index (χ2v) is 8.79. The summed E-state index contributed by atoms with van der Waals surface area (Å²) < 4.78 is 44.7. The van der Waals surface area contributed by atoms with E-state index in [0.717, 1.165) is 43.4 Å². The minimum atomic E-state index is -4.41. The van der Waals surface area contributed by atoms with Crippen molar-refractivity contribution in [3.8, 4) is 17.1 Å². The van der Waals surface area contributed by atoms with Gasteiger partial charge in [0.25, 0.3) is 5.91 Å². The highest BCUT2D eigenvalue weighted by Crippen LogP contribution is 2.31. The number of nitrogens with zero attached hydrogens (tertiary/aromatic N) is 2. The summed E-state index contributed by atoms with van der Waals surface area (Å²) in [5, 5.41) is 11.3. The van der Waals surface area contributed by atoms with Crippen LogP contribution in [0.5, 0.6) is 5.75 Å². The standard InChI is InChI=1S/C28H30F3N3O4/c1-2-3-4-5-6-24(38-23-13-9-20(10-14-23)27(37)32-16-15-25(35)36)21-17-33-26(34-18-21)19-7-11-22(12-8-19)28(29,30)31/h7-14,17-18,24H,2-6,15-16H2,1H3,(H,32,37)(H,35,36)/t24-/m1/s1. The molecule has 0 unspecified atom stereocenters. The number of carboxylic acids is 1. The third-order valence-corrected chi connectivity index (χ3v) is 5.85. The van der Waals surface area contributed by atoms with E-state index in [1.165, 1.54) is 12.1 Å². The number of halogens is 3. The van der Waals surface area contributed by atoms with E-state index in [4.69, 9.17) is 9.84 Å². The molecule has 0 aliphatic rings. The van der Waals surface area contributed by atoms with Crippen molar-refractivity contribution in [1.29, 1.82) is 0 Å². The van der Waals surface area contributed by atoms with E-state index in [2.05, 4.69) is 22.2 Å². The summed E-state index contributed by atoms with van der Waals surface area (Å²) in [6.45, 7) is 2.16. The van der Waals surface area contributed by atoms with Gasteiger partial charge in [-0.05, 0) is 49.2 Å². The smallest absolute Gasteiger partial charge is 0.416 e. The summed E-state index contributed by atoms with van der Waals surface area (Å²) in [6.07, 6.45) is 3.17. The number of aliphatic carboxylic acids is 1. The fourth-order valence-corrected chi connectivity index (χ4v) is 3.75. The van der Waals surface area contributed by atoms with Gasteiger partial charge in [0.15, 0.2) is 5.82 Å². The zero-order valence-corrected chi connectivity index (χ0v) is 21.0. The first-order valence-electron chi connectivity index (χ1n) is 12.4. The summed E-state index contributed by atoms with van der Waals surface area (Å²) in [6, 6.07) is 11.2. The highest BCUT2D eigenvalue weighted by molar-refractivity contribution is 5.94. The van der Waals surface area contributed by atoms with Crippen molar-refractivity contribution < 1.29 is 32.6 Å². The number of carbonyl (C=O) groups excluding carboxylic acids is 1. The number of hydrogen-bond donors (Lipinski definition) is 2. The lowest BCUT2D eigenvalue weighted by Gasteiger charge is -2.20. The molecule has 1 atom stereocenters. The van der Waals surface area contributed by atoms with E-state index in [9.17, 15) is 22.8 Å². The number of nitrogens with one attached hydrogen (secondary N) is 1. The molecule has 0 aliphatic carbocycles. The molecule has 0 spiro atoms. The van der Waals surface area contributed by atoms with Crippen molar-refractivity contribution in [2.75, 3.05) is 6.54 Å². The van der Waals surface area contributed by atoms with Gasteiger partial charge in [-0.25, -0.2) is 9.97 Å². The van der Waals surface area contributed by atoms with Gasteiger partial charge in [-0.3, -0.25) is 9.59 Å². The molecule has 7 nitrogen and oxygen atoms in total. The second-order valence-electron chi connectivity index (χ2n) is 8.79. The van der Waals surface area contributed by atoms with Crippen molar-refractivity contribution in [2.24, 2.45) is 0 Å². The molecule has 202 valence electrons. The normalized spacial score (nSPS) is 12.1. The van der Waals surface area contributed by atoms with Crippen molar-refractivity contribution >= 4 is 11.9 Å². The van der Waals surface area contributed by atoms with Crippen LogP contribution < -0.4 is 10.1 Å². The van der Waals surface area contributed by atoms with Crippen LogP contribution in [-0.4, -0.2) is 33.5 Å². The largest absolute Gasteiger partial charge is 0.486 e. The Morgan fingerprint density at radius 1 is 0.974 bits per heavy atom. The third-order valence-electron chi connectivity index (χ3n) is 5.85. The second kappa shape index (κ2) is 13.6. The van der Waals surface area contributed by atoms with E-state index in [-0.39, 0.29) is 25.0 Å². The molecule has 2 aromatic carbocycles. The number of ether oxygens (including phenoxy) is 1. The number of rotatable bonds is 13. The third kappa shape index (κ3) is 8.57. The molecule has 0 radical (unpaired) electrons. The zero-order valence-electron chi connectivity index (χ0n) is 21.0. The van der Waals surface area contributed by atoms with Crippen molar-refractivity contribution in [3.05, 3.63) is 77.6 Å². The van der Waals surface area contributed by atoms with Crippen LogP contribution in [-0.2, 0) is 11.0 Å². The zero-order chi connectivity index (χ0) is 27.5. The molecule has 3 aromatic rings. The Morgan fingerprint density at radius 2 is 1.63 bits per heavy atom. The quantitative estimate of drug-likeness (QED) is 0.247. The highest BCUT2D eigenvalue weighted by Gasteiger charge is 2.30. The SMILES string of the molecule is CCCCCC[C@@H](Oc1ccc(C(=O)NCCC(=O)O)cc1)c1cnc(-c2ccc(C(F)(F)F)cc2)nc1. The van der Waals surface area contributed by atoms with Gasteiger partial charge in [0.2, 0.25) is 0 Å². The Balaban J connectivity index is 1.71.